The third-order valence-electron chi connectivity index (χ3n) is 4.84. The number of benzene rings is 2. The Morgan fingerprint density at radius 3 is 2.10 bits per heavy atom. The molecule has 0 saturated carbocycles. The molecule has 1 aliphatic heterocycles. The van der Waals surface area contributed by atoms with Crippen molar-refractivity contribution in [1.29, 1.82) is 0 Å². The molecule has 0 bridgehead atoms. The Morgan fingerprint density at radius 2 is 1.58 bits per heavy atom. The van der Waals surface area contributed by atoms with Gasteiger partial charge in [-0.1, -0.05) is 0 Å². The van der Waals surface area contributed by atoms with E-state index in [1.54, 1.807) is 0 Å². The molecule has 1 aliphatic rings. The smallest absolute Gasteiger partial charge is 0.351 e. The molecule has 1 unspecified atom stereocenters. The van der Waals surface area contributed by atoms with E-state index >= 15 is 0 Å². The lowest BCUT2D eigenvalue weighted by Gasteiger charge is -2.16. The van der Waals surface area contributed by atoms with Gasteiger partial charge in [-0.15, -0.1) is 0 Å². The van der Waals surface area contributed by atoms with Gasteiger partial charge in [-0.05, 0) is 55.3 Å². The van der Waals surface area contributed by atoms with Gasteiger partial charge in [-0.25, -0.2) is 8.78 Å². The lowest BCUT2D eigenvalue weighted by molar-refractivity contribution is -0.143. The van der Waals surface area contributed by atoms with E-state index in [1.807, 2.05) is 0 Å². The van der Waals surface area contributed by atoms with E-state index in [9.17, 15) is 39.9 Å². The molecular formula is C20H16F8N2O. The van der Waals surface area contributed by atoms with Crippen LogP contribution >= 0.6 is 0 Å². The number of nitrogens with one attached hydrogen (secondary N) is 2. The highest BCUT2D eigenvalue weighted by Gasteiger charge is 2.37. The van der Waals surface area contributed by atoms with Gasteiger partial charge in [0.15, 0.2) is 0 Å². The topological polar surface area (TPSA) is 41.1 Å². The summed E-state index contributed by atoms with van der Waals surface area (Å²) >= 11 is 0. The predicted octanol–water partition coefficient (Wildman–Crippen LogP) is 5.04. The van der Waals surface area contributed by atoms with Crippen LogP contribution in [0.3, 0.4) is 0 Å². The van der Waals surface area contributed by atoms with Gasteiger partial charge >= 0.3 is 12.4 Å². The van der Waals surface area contributed by atoms with Crippen molar-refractivity contribution in [3.63, 3.8) is 0 Å². The standard InChI is InChI=1S/C20H16F8N2O/c21-14-6-11(9-30-18(31)16-2-1-3-29-16)17(22)15(8-14)10-4-12(19(23,24)25)7-13(5-10)20(26,27)28/h4-8,16,29H,1-3,9H2,(H,30,31). The Morgan fingerprint density at radius 1 is 0.968 bits per heavy atom. The molecule has 2 N–H and O–H groups in total. The van der Waals surface area contributed by atoms with E-state index in [0.717, 1.165) is 12.5 Å². The second kappa shape index (κ2) is 8.45. The Hall–Kier alpha value is -2.69. The number of carbonyl (C=O) groups is 1. The van der Waals surface area contributed by atoms with Crippen LogP contribution in [0.5, 0.6) is 0 Å². The van der Waals surface area contributed by atoms with E-state index < -0.39 is 70.3 Å². The molecule has 2 aromatic rings. The second-order valence-electron chi connectivity index (χ2n) is 7.09. The van der Waals surface area contributed by atoms with Crippen molar-refractivity contribution in [3.05, 3.63) is 58.7 Å². The van der Waals surface area contributed by atoms with Crippen LogP contribution in [0.1, 0.15) is 29.5 Å². The van der Waals surface area contributed by atoms with Gasteiger partial charge in [0, 0.05) is 17.7 Å². The molecule has 3 nitrogen and oxygen atoms in total. The zero-order chi connectivity index (χ0) is 23.0. The largest absolute Gasteiger partial charge is 0.416 e. The number of amides is 1. The summed E-state index contributed by atoms with van der Waals surface area (Å²) in [5.74, 6) is -2.78. The summed E-state index contributed by atoms with van der Waals surface area (Å²) in [6.07, 6.45) is -8.96. The van der Waals surface area contributed by atoms with Gasteiger partial charge in [0.05, 0.1) is 17.2 Å². The fraction of sp³-hybridized carbons (Fsp3) is 0.350. The number of rotatable bonds is 4. The van der Waals surface area contributed by atoms with Crippen molar-refractivity contribution in [2.45, 2.75) is 37.8 Å². The third-order valence-corrected chi connectivity index (χ3v) is 4.84. The normalized spacial score (nSPS) is 17.1. The van der Waals surface area contributed by atoms with Gasteiger partial charge in [0.1, 0.15) is 11.6 Å². The van der Waals surface area contributed by atoms with Gasteiger partial charge in [-0.3, -0.25) is 4.79 Å². The van der Waals surface area contributed by atoms with Crippen LogP contribution in [0, 0.1) is 11.6 Å². The van der Waals surface area contributed by atoms with Crippen molar-refractivity contribution >= 4 is 5.91 Å². The molecule has 1 saturated heterocycles. The Bertz CT molecular complexity index is 946. The second-order valence-corrected chi connectivity index (χ2v) is 7.09. The molecule has 2 aromatic carbocycles. The van der Waals surface area contributed by atoms with Crippen molar-refractivity contribution in [2.24, 2.45) is 0 Å². The summed E-state index contributed by atoms with van der Waals surface area (Å²) < 4.78 is 107. The average molecular weight is 452 g/mol. The molecule has 0 radical (unpaired) electrons. The number of alkyl halides is 6. The maximum absolute atomic E-state index is 14.9. The highest BCUT2D eigenvalue weighted by molar-refractivity contribution is 5.82. The molecular weight excluding hydrogens is 436 g/mol. The van der Waals surface area contributed by atoms with Crippen LogP contribution in [0.2, 0.25) is 0 Å². The lowest BCUT2D eigenvalue weighted by atomic mass is 9.97. The zero-order valence-corrected chi connectivity index (χ0v) is 15.7. The third kappa shape index (κ3) is 5.33. The Balaban J connectivity index is 2.00. The number of carbonyl (C=O) groups excluding carboxylic acids is 1. The average Bonchev–Trinajstić information content (AvgIpc) is 3.21. The molecule has 3 rings (SSSR count). The monoisotopic (exact) mass is 452 g/mol. The minimum absolute atomic E-state index is 0.101. The van der Waals surface area contributed by atoms with E-state index in [4.69, 9.17) is 0 Å². The van der Waals surface area contributed by atoms with E-state index in [2.05, 4.69) is 10.6 Å². The van der Waals surface area contributed by atoms with Crippen molar-refractivity contribution < 1.29 is 39.9 Å². The summed E-state index contributed by atoms with van der Waals surface area (Å²) in [6.45, 7) is 0.131. The van der Waals surface area contributed by atoms with Crippen molar-refractivity contribution in [3.8, 4) is 11.1 Å². The molecule has 11 heteroatoms. The van der Waals surface area contributed by atoms with Crippen molar-refractivity contribution in [1.82, 2.24) is 10.6 Å². The van der Waals surface area contributed by atoms with Crippen LogP contribution in [-0.4, -0.2) is 18.5 Å². The summed E-state index contributed by atoms with van der Waals surface area (Å²) in [7, 11) is 0. The molecule has 0 aromatic heterocycles. The summed E-state index contributed by atoms with van der Waals surface area (Å²) in [6, 6.07) is 1.26. The number of hydrogen-bond acceptors (Lipinski definition) is 2. The zero-order valence-electron chi connectivity index (χ0n) is 15.7. The maximum atomic E-state index is 14.9. The van der Waals surface area contributed by atoms with Crippen molar-refractivity contribution in [2.75, 3.05) is 6.54 Å². The fourth-order valence-electron chi connectivity index (χ4n) is 3.31. The minimum Gasteiger partial charge on any atom is -0.351 e. The predicted molar refractivity (Wildman–Crippen MR) is 94.7 cm³/mol. The fourth-order valence-corrected chi connectivity index (χ4v) is 3.31. The van der Waals surface area contributed by atoms with Gasteiger partial charge in [0.2, 0.25) is 5.91 Å². The maximum Gasteiger partial charge on any atom is 0.416 e. The van der Waals surface area contributed by atoms with Gasteiger partial charge < -0.3 is 10.6 Å². The van der Waals surface area contributed by atoms with Gasteiger partial charge in [-0.2, -0.15) is 26.3 Å². The Kier molecular flexibility index (Phi) is 6.26. The van der Waals surface area contributed by atoms with Crippen LogP contribution in [0.4, 0.5) is 35.1 Å². The molecule has 1 heterocycles. The first-order valence-electron chi connectivity index (χ1n) is 9.15. The Labute approximate surface area is 171 Å². The SMILES string of the molecule is O=C(NCc1cc(F)cc(-c2cc(C(F)(F)F)cc(C(F)(F)F)c2)c1F)C1CCCN1. The summed E-state index contributed by atoms with van der Waals surface area (Å²) in [5.41, 5.74) is -5.28. The first kappa shape index (κ1) is 23.0. The van der Waals surface area contributed by atoms with E-state index in [1.165, 1.54) is 0 Å². The first-order chi connectivity index (χ1) is 14.4. The molecule has 1 atom stereocenters. The quantitative estimate of drug-likeness (QED) is 0.639. The van der Waals surface area contributed by atoms with E-state index in [0.29, 0.717) is 31.2 Å². The van der Waals surface area contributed by atoms with Crippen LogP contribution in [0.25, 0.3) is 11.1 Å². The highest BCUT2D eigenvalue weighted by atomic mass is 19.4. The first-order valence-corrected chi connectivity index (χ1v) is 9.15. The van der Waals surface area contributed by atoms with Crippen LogP contribution in [-0.2, 0) is 23.7 Å². The number of hydrogen-bond donors (Lipinski definition) is 2. The van der Waals surface area contributed by atoms with Gasteiger partial charge in [0.25, 0.3) is 0 Å². The van der Waals surface area contributed by atoms with Crippen LogP contribution in [0.15, 0.2) is 30.3 Å². The lowest BCUT2D eigenvalue weighted by Crippen LogP contribution is -2.40. The molecule has 168 valence electrons. The summed E-state index contributed by atoms with van der Waals surface area (Å²) in [5, 5.41) is 5.29. The van der Waals surface area contributed by atoms with E-state index in [-0.39, 0.29) is 6.07 Å². The molecule has 31 heavy (non-hydrogen) atoms. The molecule has 0 spiro atoms. The number of halogens is 8. The van der Waals surface area contributed by atoms with Crippen LogP contribution < -0.4 is 10.6 Å². The minimum atomic E-state index is -5.13. The summed E-state index contributed by atoms with van der Waals surface area (Å²) in [4.78, 5) is 12.0. The molecule has 1 amide bonds. The molecule has 0 aliphatic carbocycles. The molecule has 1 fully saturated rings. The highest BCUT2D eigenvalue weighted by Crippen LogP contribution is 2.39.